The summed E-state index contributed by atoms with van der Waals surface area (Å²) in [5.74, 6) is -0.955. The summed E-state index contributed by atoms with van der Waals surface area (Å²) in [6, 6.07) is 0. The van der Waals surface area contributed by atoms with Crippen molar-refractivity contribution in [2.24, 2.45) is 0 Å². The largest absolute Gasteiger partial charge is 0.462 e. The molecule has 0 amide bonds. The normalized spacial score (nSPS) is 12.6. The molecule has 0 aliphatic carbocycles. The highest BCUT2D eigenvalue weighted by Gasteiger charge is 2.19. The summed E-state index contributed by atoms with van der Waals surface area (Å²) in [6.45, 7) is 6.30. The number of esters is 3. The molecule has 0 rings (SSSR count). The van der Waals surface area contributed by atoms with Gasteiger partial charge >= 0.3 is 17.9 Å². The molecule has 0 aromatic carbocycles. The topological polar surface area (TPSA) is 78.9 Å². The van der Waals surface area contributed by atoms with Crippen LogP contribution in [0.25, 0.3) is 0 Å². The highest BCUT2D eigenvalue weighted by molar-refractivity contribution is 5.71. The van der Waals surface area contributed by atoms with Gasteiger partial charge in [-0.15, -0.1) is 0 Å². The van der Waals surface area contributed by atoms with E-state index in [4.69, 9.17) is 14.2 Å². The van der Waals surface area contributed by atoms with Gasteiger partial charge in [0.2, 0.25) is 0 Å². The summed E-state index contributed by atoms with van der Waals surface area (Å²) in [6.07, 6.45) is 42.6. The third kappa shape index (κ3) is 34.4. The van der Waals surface area contributed by atoms with Crippen molar-refractivity contribution in [2.45, 2.75) is 175 Å². The average Bonchev–Trinajstić information content (AvgIpc) is 3.08. The van der Waals surface area contributed by atoms with Crippen LogP contribution in [-0.2, 0) is 28.6 Å². The highest BCUT2D eigenvalue weighted by atomic mass is 16.6. The van der Waals surface area contributed by atoms with Crippen LogP contribution in [0.4, 0.5) is 0 Å². The summed E-state index contributed by atoms with van der Waals surface area (Å²) in [4.78, 5) is 37.0. The van der Waals surface area contributed by atoms with Crippen molar-refractivity contribution in [2.75, 3.05) is 13.2 Å². The molecule has 0 aromatic heterocycles. The first-order valence-corrected chi connectivity index (χ1v) is 19.3. The van der Waals surface area contributed by atoms with Crippen molar-refractivity contribution in [3.8, 4) is 0 Å². The summed E-state index contributed by atoms with van der Waals surface area (Å²) < 4.78 is 16.4. The first-order valence-electron chi connectivity index (χ1n) is 19.3. The number of carbonyl (C=O) groups is 3. The fourth-order valence-electron chi connectivity index (χ4n) is 4.88. The second-order valence-corrected chi connectivity index (χ2v) is 12.5. The number of unbranched alkanes of at least 4 members (excludes halogenated alkanes) is 12. The predicted molar refractivity (Wildman–Crippen MR) is 201 cm³/mol. The van der Waals surface area contributed by atoms with Crippen LogP contribution < -0.4 is 0 Å². The molecule has 1 unspecified atom stereocenters. The lowest BCUT2D eigenvalue weighted by molar-refractivity contribution is -0.167. The van der Waals surface area contributed by atoms with E-state index in [9.17, 15) is 14.4 Å². The number of allylic oxidation sites excluding steroid dienone is 10. The number of ether oxygens (including phenoxy) is 3. The molecule has 0 aliphatic rings. The molecule has 0 N–H and O–H groups in total. The van der Waals surface area contributed by atoms with Gasteiger partial charge in [-0.25, -0.2) is 0 Å². The van der Waals surface area contributed by atoms with Gasteiger partial charge in [-0.3, -0.25) is 14.4 Å². The fraction of sp³-hybridized carbons (Fsp3) is 0.690. The zero-order chi connectivity index (χ0) is 35.2. The highest BCUT2D eigenvalue weighted by Crippen LogP contribution is 2.11. The molecule has 6 nitrogen and oxygen atoms in total. The third-order valence-corrected chi connectivity index (χ3v) is 7.79. The van der Waals surface area contributed by atoms with E-state index >= 15 is 0 Å². The van der Waals surface area contributed by atoms with Crippen LogP contribution in [-0.4, -0.2) is 37.2 Å². The smallest absolute Gasteiger partial charge is 0.306 e. The third-order valence-electron chi connectivity index (χ3n) is 7.79. The van der Waals surface area contributed by atoms with E-state index in [1.54, 1.807) is 0 Å². The lowest BCUT2D eigenvalue weighted by Gasteiger charge is -2.18. The quantitative estimate of drug-likeness (QED) is 0.0299. The second kappa shape index (κ2) is 36.9. The van der Waals surface area contributed by atoms with E-state index in [0.717, 1.165) is 103 Å². The summed E-state index contributed by atoms with van der Waals surface area (Å²) in [5, 5.41) is 0. The standard InChI is InChI=1S/C42H70O6/c1-4-7-10-13-15-16-17-18-19-20-21-22-23-24-25-26-27-30-32-35-41(44)47-38-39(37-46-40(43)34-31-28-12-9-6-3)48-42(45)36-33-29-14-11-8-5-2/h7,10,15-16,18-19,21-22,24-25,39H,4-6,8-9,11-14,17,20,23,26-38H2,1-3H3/b10-7-,16-15-,19-18-,22-21-,25-24-. The first kappa shape index (κ1) is 45.1. The number of carbonyl (C=O) groups excluding carboxylic acids is 3. The van der Waals surface area contributed by atoms with E-state index in [1.807, 2.05) is 0 Å². The average molecular weight is 671 g/mol. The molecule has 0 saturated heterocycles. The van der Waals surface area contributed by atoms with Gasteiger partial charge in [-0.05, 0) is 64.2 Å². The Labute approximate surface area is 294 Å². The van der Waals surface area contributed by atoms with Gasteiger partial charge in [0.1, 0.15) is 13.2 Å². The van der Waals surface area contributed by atoms with Crippen LogP contribution in [0.3, 0.4) is 0 Å². The van der Waals surface area contributed by atoms with Gasteiger partial charge < -0.3 is 14.2 Å². The van der Waals surface area contributed by atoms with Crippen molar-refractivity contribution < 1.29 is 28.6 Å². The fourth-order valence-corrected chi connectivity index (χ4v) is 4.88. The van der Waals surface area contributed by atoms with Crippen LogP contribution in [0.5, 0.6) is 0 Å². The Balaban J connectivity index is 4.23. The van der Waals surface area contributed by atoms with Gasteiger partial charge in [0.25, 0.3) is 0 Å². The molecule has 0 aliphatic heterocycles. The number of hydrogen-bond donors (Lipinski definition) is 0. The molecule has 0 radical (unpaired) electrons. The molecule has 1 atom stereocenters. The Morgan fingerprint density at radius 2 is 0.812 bits per heavy atom. The SMILES string of the molecule is CC/C=C\C/C=C\C/C=C\C/C=C\C/C=C\CCCCCC(=O)OCC(COC(=O)CCCCCCC)OC(=O)CCCCCCCC. The first-order chi connectivity index (χ1) is 23.5. The Bertz CT molecular complexity index is 913. The van der Waals surface area contributed by atoms with Crippen molar-refractivity contribution in [1.82, 2.24) is 0 Å². The summed E-state index contributed by atoms with van der Waals surface area (Å²) >= 11 is 0. The molecule has 48 heavy (non-hydrogen) atoms. The molecule has 0 bridgehead atoms. The summed E-state index contributed by atoms with van der Waals surface area (Å²) in [7, 11) is 0. The lowest BCUT2D eigenvalue weighted by atomic mass is 10.1. The van der Waals surface area contributed by atoms with Crippen molar-refractivity contribution in [3.63, 3.8) is 0 Å². The van der Waals surface area contributed by atoms with Gasteiger partial charge in [0.05, 0.1) is 0 Å². The predicted octanol–water partition coefficient (Wildman–Crippen LogP) is 11.8. The van der Waals surface area contributed by atoms with E-state index < -0.39 is 6.10 Å². The Hall–Kier alpha value is -2.89. The maximum atomic E-state index is 12.4. The molecule has 0 aromatic rings. The summed E-state index contributed by atoms with van der Waals surface area (Å²) in [5.41, 5.74) is 0. The molecular formula is C42H70O6. The van der Waals surface area contributed by atoms with Crippen LogP contribution in [0.2, 0.25) is 0 Å². The molecule has 0 saturated carbocycles. The van der Waals surface area contributed by atoms with Gasteiger partial charge in [0.15, 0.2) is 6.10 Å². The van der Waals surface area contributed by atoms with Crippen molar-refractivity contribution in [3.05, 3.63) is 60.8 Å². The Kier molecular flexibility index (Phi) is 34.7. The van der Waals surface area contributed by atoms with E-state index in [1.165, 1.54) is 25.7 Å². The molecule has 0 heterocycles. The van der Waals surface area contributed by atoms with E-state index in [-0.39, 0.29) is 31.1 Å². The minimum Gasteiger partial charge on any atom is -0.462 e. The van der Waals surface area contributed by atoms with Gasteiger partial charge in [-0.2, -0.15) is 0 Å². The monoisotopic (exact) mass is 671 g/mol. The lowest BCUT2D eigenvalue weighted by Crippen LogP contribution is -2.30. The van der Waals surface area contributed by atoms with Crippen molar-refractivity contribution >= 4 is 17.9 Å². The second-order valence-electron chi connectivity index (χ2n) is 12.5. The van der Waals surface area contributed by atoms with E-state index in [2.05, 4.69) is 81.5 Å². The van der Waals surface area contributed by atoms with Crippen LogP contribution in [0.15, 0.2) is 60.8 Å². The Morgan fingerprint density at radius 3 is 1.27 bits per heavy atom. The molecule has 6 heteroatoms. The maximum absolute atomic E-state index is 12.4. The zero-order valence-electron chi connectivity index (χ0n) is 31.0. The molecule has 0 spiro atoms. The van der Waals surface area contributed by atoms with Gasteiger partial charge in [0, 0.05) is 19.3 Å². The zero-order valence-corrected chi connectivity index (χ0v) is 31.0. The minimum absolute atomic E-state index is 0.0867. The maximum Gasteiger partial charge on any atom is 0.306 e. The molecule has 0 fully saturated rings. The number of rotatable bonds is 33. The van der Waals surface area contributed by atoms with Crippen LogP contribution >= 0.6 is 0 Å². The van der Waals surface area contributed by atoms with Crippen LogP contribution in [0, 0.1) is 0 Å². The van der Waals surface area contributed by atoms with Crippen LogP contribution in [0.1, 0.15) is 168 Å². The Morgan fingerprint density at radius 1 is 0.438 bits per heavy atom. The van der Waals surface area contributed by atoms with Crippen molar-refractivity contribution in [1.29, 1.82) is 0 Å². The minimum atomic E-state index is -0.777. The molecule has 274 valence electrons. The van der Waals surface area contributed by atoms with Gasteiger partial charge in [-0.1, -0.05) is 146 Å². The number of hydrogen-bond acceptors (Lipinski definition) is 6. The molecular weight excluding hydrogens is 600 g/mol. The van der Waals surface area contributed by atoms with E-state index in [0.29, 0.717) is 19.3 Å².